The fourth-order valence-electron chi connectivity index (χ4n) is 5.84. The molecule has 1 aliphatic rings. The Morgan fingerprint density at radius 3 is 2.19 bits per heavy atom. The molecule has 0 aromatic heterocycles. The number of para-hydroxylation sites is 3. The van der Waals surface area contributed by atoms with Gasteiger partial charge in [0.25, 0.3) is 5.91 Å². The highest BCUT2D eigenvalue weighted by atomic mass is 16.5. The van der Waals surface area contributed by atoms with Crippen LogP contribution in [-0.4, -0.2) is 88.9 Å². The van der Waals surface area contributed by atoms with E-state index in [1.54, 1.807) is 43.3 Å². The summed E-state index contributed by atoms with van der Waals surface area (Å²) in [7, 11) is 0. The number of aryl methyl sites for hydroxylation is 1. The molecule has 2 aromatic rings. The van der Waals surface area contributed by atoms with Gasteiger partial charge < -0.3 is 47.1 Å². The number of nitrogens with zero attached hydrogens (tertiary/aromatic N) is 1. The predicted octanol–water partition coefficient (Wildman–Crippen LogP) is 2.66. The van der Waals surface area contributed by atoms with Gasteiger partial charge in [-0.15, -0.1) is 0 Å². The molecule has 5 atom stereocenters. The SMILES string of the molecule is CCCC[C@H](NC(=O)COc1ccccc1NC(=O)Nc1ccccc1C)C(=O)N[C@@H](CC(=O)O)C(=O)N[C@H](C(=O)N1CCC[C@H]1C(N)=O)C(C)CC. The van der Waals surface area contributed by atoms with Gasteiger partial charge in [-0.05, 0) is 55.9 Å². The zero-order chi connectivity index (χ0) is 39.1. The van der Waals surface area contributed by atoms with Gasteiger partial charge in [0.15, 0.2) is 6.61 Å². The van der Waals surface area contributed by atoms with Crippen LogP contribution < -0.4 is 37.1 Å². The number of amides is 7. The van der Waals surface area contributed by atoms with Gasteiger partial charge in [-0.1, -0.05) is 70.4 Å². The number of likely N-dealkylation sites (tertiary alicyclic amines) is 1. The Hall–Kier alpha value is -5.67. The Balaban J connectivity index is 1.68. The minimum atomic E-state index is -1.59. The summed E-state index contributed by atoms with van der Waals surface area (Å²) < 4.78 is 5.70. The molecular weight excluding hydrogens is 686 g/mol. The Bertz CT molecular complexity index is 1640. The monoisotopic (exact) mass is 737 g/mol. The smallest absolute Gasteiger partial charge is 0.323 e. The van der Waals surface area contributed by atoms with Crippen LogP contribution in [0, 0.1) is 12.8 Å². The third kappa shape index (κ3) is 12.5. The van der Waals surface area contributed by atoms with Crippen molar-refractivity contribution in [1.29, 1.82) is 0 Å². The normalized spacial score (nSPS) is 15.9. The number of hydrogen-bond donors (Lipinski definition) is 7. The standard InChI is InChI=1S/C37H51N7O9/c1-5-7-14-26(39-30(45)21-53-29-18-11-10-16-25(29)42-37(52)41-24-15-9-8-13-23(24)4)34(49)40-27(20-31(46)47)35(50)43-32(22(3)6-2)36(51)44-19-12-17-28(44)33(38)48/h8-11,13,15-16,18,22,26-28,32H,5-7,12,14,17,19-21H2,1-4H3,(H2,38,48)(H,39,45)(H,40,49)(H,43,50)(H,46,47)(H2,41,42,52)/t22?,26-,27-,28-,32-/m0/s1. The second-order valence-corrected chi connectivity index (χ2v) is 13.1. The highest BCUT2D eigenvalue weighted by Crippen LogP contribution is 2.25. The second kappa shape index (κ2) is 20.4. The van der Waals surface area contributed by atoms with Crippen molar-refractivity contribution < 1.29 is 43.4 Å². The lowest BCUT2D eigenvalue weighted by Crippen LogP contribution is -2.59. The van der Waals surface area contributed by atoms with E-state index in [9.17, 15) is 38.7 Å². The van der Waals surface area contributed by atoms with E-state index in [1.807, 2.05) is 32.9 Å². The van der Waals surface area contributed by atoms with Crippen molar-refractivity contribution in [2.24, 2.45) is 11.7 Å². The van der Waals surface area contributed by atoms with E-state index >= 15 is 0 Å². The molecule has 0 radical (unpaired) electrons. The van der Waals surface area contributed by atoms with E-state index < -0.39 is 84.6 Å². The van der Waals surface area contributed by atoms with E-state index in [4.69, 9.17) is 10.5 Å². The number of anilines is 2. The first-order valence-corrected chi connectivity index (χ1v) is 17.8. The number of nitrogens with one attached hydrogen (secondary N) is 5. The van der Waals surface area contributed by atoms with Crippen molar-refractivity contribution in [1.82, 2.24) is 20.9 Å². The molecule has 0 aliphatic carbocycles. The molecule has 1 saturated heterocycles. The lowest BCUT2D eigenvalue weighted by Gasteiger charge is -2.32. The maximum atomic E-state index is 13.6. The third-order valence-electron chi connectivity index (χ3n) is 9.04. The van der Waals surface area contributed by atoms with E-state index in [2.05, 4.69) is 26.6 Å². The van der Waals surface area contributed by atoms with Crippen molar-refractivity contribution >= 4 is 52.9 Å². The largest absolute Gasteiger partial charge is 0.482 e. The van der Waals surface area contributed by atoms with Crippen LogP contribution in [-0.2, 0) is 28.8 Å². The molecule has 7 amide bonds. The summed E-state index contributed by atoms with van der Waals surface area (Å²) in [5.41, 5.74) is 7.27. The summed E-state index contributed by atoms with van der Waals surface area (Å²) in [6.45, 7) is 7.02. The predicted molar refractivity (Wildman–Crippen MR) is 197 cm³/mol. The molecule has 16 heteroatoms. The number of primary amides is 1. The van der Waals surface area contributed by atoms with Crippen LogP contribution in [0.2, 0.25) is 0 Å². The Labute approximate surface area is 308 Å². The first-order valence-electron chi connectivity index (χ1n) is 17.8. The zero-order valence-corrected chi connectivity index (χ0v) is 30.6. The Kier molecular flexibility index (Phi) is 16.1. The van der Waals surface area contributed by atoms with Gasteiger partial charge in [0, 0.05) is 12.2 Å². The Morgan fingerprint density at radius 1 is 0.906 bits per heavy atom. The van der Waals surface area contributed by atoms with E-state index in [1.165, 1.54) is 4.90 Å². The number of aliphatic carboxylic acids is 1. The quantitative estimate of drug-likeness (QED) is 0.112. The molecule has 16 nitrogen and oxygen atoms in total. The van der Waals surface area contributed by atoms with Gasteiger partial charge in [0.05, 0.1) is 12.1 Å². The number of rotatable bonds is 19. The third-order valence-corrected chi connectivity index (χ3v) is 9.04. The number of carbonyl (C=O) groups excluding carboxylic acids is 6. The fourth-order valence-corrected chi connectivity index (χ4v) is 5.84. The second-order valence-electron chi connectivity index (χ2n) is 13.1. The number of hydrogen-bond acceptors (Lipinski definition) is 8. The number of ether oxygens (including phenoxy) is 1. The minimum absolute atomic E-state index is 0.171. The van der Waals surface area contributed by atoms with Crippen molar-refractivity contribution in [2.75, 3.05) is 23.8 Å². The number of carbonyl (C=O) groups is 7. The molecular formula is C37H51N7O9. The molecule has 0 saturated carbocycles. The van der Waals surface area contributed by atoms with Gasteiger partial charge in [0.1, 0.15) is 29.9 Å². The molecule has 53 heavy (non-hydrogen) atoms. The van der Waals surface area contributed by atoms with E-state index in [-0.39, 0.29) is 18.7 Å². The average molecular weight is 738 g/mol. The molecule has 288 valence electrons. The van der Waals surface area contributed by atoms with Gasteiger partial charge >= 0.3 is 12.0 Å². The number of benzene rings is 2. The lowest BCUT2D eigenvalue weighted by molar-refractivity contribution is -0.144. The number of urea groups is 1. The van der Waals surface area contributed by atoms with Crippen LogP contribution in [0.3, 0.4) is 0 Å². The highest BCUT2D eigenvalue weighted by molar-refractivity contribution is 6.01. The first kappa shape index (κ1) is 41.7. The molecule has 8 N–H and O–H groups in total. The van der Waals surface area contributed by atoms with Gasteiger partial charge in [0.2, 0.25) is 23.6 Å². The van der Waals surface area contributed by atoms with E-state index in [0.717, 1.165) is 5.56 Å². The number of unbranched alkanes of at least 4 members (excludes halogenated alkanes) is 1. The van der Waals surface area contributed by atoms with Crippen LogP contribution in [0.5, 0.6) is 5.75 Å². The summed E-state index contributed by atoms with van der Waals surface area (Å²) in [6.07, 6.45) is 1.97. The number of nitrogens with two attached hydrogens (primary N) is 1. The van der Waals surface area contributed by atoms with Crippen molar-refractivity contribution in [3.05, 3.63) is 54.1 Å². The molecule has 1 fully saturated rings. The summed E-state index contributed by atoms with van der Waals surface area (Å²) >= 11 is 0. The fraction of sp³-hybridized carbons (Fsp3) is 0.486. The van der Waals surface area contributed by atoms with Crippen LogP contribution in [0.1, 0.15) is 71.3 Å². The summed E-state index contributed by atoms with van der Waals surface area (Å²) in [5, 5.41) is 22.7. The summed E-state index contributed by atoms with van der Waals surface area (Å²) in [6, 6.07) is 8.53. The lowest BCUT2D eigenvalue weighted by atomic mass is 9.96. The van der Waals surface area contributed by atoms with Gasteiger partial charge in [-0.25, -0.2) is 4.79 Å². The van der Waals surface area contributed by atoms with Gasteiger partial charge in [-0.2, -0.15) is 0 Å². The topological polar surface area (TPSA) is 238 Å². The number of carboxylic acids is 1. The molecule has 3 rings (SSSR count). The van der Waals surface area contributed by atoms with Crippen LogP contribution in [0.25, 0.3) is 0 Å². The van der Waals surface area contributed by atoms with Crippen LogP contribution in [0.15, 0.2) is 48.5 Å². The zero-order valence-electron chi connectivity index (χ0n) is 30.6. The highest BCUT2D eigenvalue weighted by Gasteiger charge is 2.39. The molecule has 0 bridgehead atoms. The maximum Gasteiger partial charge on any atom is 0.323 e. The summed E-state index contributed by atoms with van der Waals surface area (Å²) in [5.74, 6) is -5.17. The minimum Gasteiger partial charge on any atom is -0.482 e. The van der Waals surface area contributed by atoms with Crippen molar-refractivity contribution in [3.8, 4) is 5.75 Å². The van der Waals surface area contributed by atoms with Crippen LogP contribution >= 0.6 is 0 Å². The summed E-state index contributed by atoms with van der Waals surface area (Å²) in [4.78, 5) is 91.5. The van der Waals surface area contributed by atoms with Crippen molar-refractivity contribution in [2.45, 2.75) is 96.8 Å². The van der Waals surface area contributed by atoms with E-state index in [0.29, 0.717) is 43.5 Å². The maximum absolute atomic E-state index is 13.6. The first-order chi connectivity index (χ1) is 25.2. The van der Waals surface area contributed by atoms with Gasteiger partial charge in [-0.3, -0.25) is 28.8 Å². The molecule has 0 spiro atoms. The molecule has 1 aliphatic heterocycles. The Morgan fingerprint density at radius 2 is 1.55 bits per heavy atom. The van der Waals surface area contributed by atoms with Crippen LogP contribution in [0.4, 0.5) is 16.2 Å². The molecule has 2 aromatic carbocycles. The van der Waals surface area contributed by atoms with Crippen molar-refractivity contribution in [3.63, 3.8) is 0 Å². The molecule has 1 unspecified atom stereocenters. The molecule has 1 heterocycles. The number of carboxylic acid groups (broad SMARTS) is 1. The average Bonchev–Trinajstić information content (AvgIpc) is 3.62.